The summed E-state index contributed by atoms with van der Waals surface area (Å²) in [4.78, 5) is 22.3. The van der Waals surface area contributed by atoms with Crippen molar-refractivity contribution in [2.75, 3.05) is 13.1 Å². The maximum Gasteiger partial charge on any atom is 0.416 e. The number of amides is 2. The number of rotatable bonds is 6. The standard InChI is InChI=1S/C27H26F6N4O/c28-26(29,30)18-11-16(12-19(14-18)27(31,32)33)5-6-24-23(13-17-15-35-22-4-2-1-3-21(17)22)36-25(38)37(24)20-7-9-34-10-8-20/h1-4,11-12,14-15,20,24,34-35H,5-10,13H2. The van der Waals surface area contributed by atoms with Crippen LogP contribution in [0.5, 0.6) is 0 Å². The van der Waals surface area contributed by atoms with Crippen molar-refractivity contribution in [3.63, 3.8) is 0 Å². The smallest absolute Gasteiger partial charge is 0.361 e. The number of piperidine rings is 1. The molecule has 1 aromatic heterocycles. The van der Waals surface area contributed by atoms with E-state index in [9.17, 15) is 31.1 Å². The maximum atomic E-state index is 13.4. The number of urea groups is 1. The molecule has 38 heavy (non-hydrogen) atoms. The Morgan fingerprint density at radius 3 is 2.26 bits per heavy atom. The zero-order valence-corrected chi connectivity index (χ0v) is 20.3. The van der Waals surface area contributed by atoms with Crippen LogP contribution in [0.1, 0.15) is 41.5 Å². The summed E-state index contributed by atoms with van der Waals surface area (Å²) in [6.45, 7) is 1.42. The summed E-state index contributed by atoms with van der Waals surface area (Å²) >= 11 is 0. The third-order valence-electron chi connectivity index (χ3n) is 7.28. The summed E-state index contributed by atoms with van der Waals surface area (Å²) in [5, 5.41) is 4.21. The molecule has 2 amide bonds. The van der Waals surface area contributed by atoms with Gasteiger partial charge in [0.25, 0.3) is 0 Å². The van der Waals surface area contributed by atoms with Gasteiger partial charge in [-0.1, -0.05) is 18.2 Å². The molecule has 202 valence electrons. The molecular formula is C27H26F6N4O. The number of alkyl halides is 6. The van der Waals surface area contributed by atoms with Crippen LogP contribution >= 0.6 is 0 Å². The van der Waals surface area contributed by atoms with Gasteiger partial charge in [-0.2, -0.15) is 26.3 Å². The Hall–Kier alpha value is -3.34. The van der Waals surface area contributed by atoms with Gasteiger partial charge in [-0.15, -0.1) is 0 Å². The number of fused-ring (bicyclic) bond motifs is 1. The number of nitrogens with zero attached hydrogens (tertiary/aromatic N) is 2. The summed E-state index contributed by atoms with van der Waals surface area (Å²) in [5.74, 6) is 0. The number of benzene rings is 2. The molecule has 5 nitrogen and oxygen atoms in total. The number of halogens is 6. The minimum Gasteiger partial charge on any atom is -0.361 e. The molecule has 2 N–H and O–H groups in total. The summed E-state index contributed by atoms with van der Waals surface area (Å²) in [5.41, 5.74) is -0.351. The van der Waals surface area contributed by atoms with E-state index < -0.39 is 35.6 Å². The molecule has 0 bridgehead atoms. The molecule has 0 aliphatic carbocycles. The van der Waals surface area contributed by atoms with Crippen LogP contribution in [-0.4, -0.2) is 46.8 Å². The molecule has 1 fully saturated rings. The van der Waals surface area contributed by atoms with Crippen LogP contribution in [0.2, 0.25) is 0 Å². The van der Waals surface area contributed by atoms with Crippen molar-refractivity contribution in [2.24, 2.45) is 4.99 Å². The molecule has 1 unspecified atom stereocenters. The first-order valence-corrected chi connectivity index (χ1v) is 12.4. The van der Waals surface area contributed by atoms with Gasteiger partial charge >= 0.3 is 18.4 Å². The maximum absolute atomic E-state index is 13.4. The van der Waals surface area contributed by atoms with Gasteiger partial charge in [-0.3, -0.25) is 0 Å². The highest BCUT2D eigenvalue weighted by Gasteiger charge is 2.40. The number of carbonyl (C=O) groups is 1. The lowest BCUT2D eigenvalue weighted by Crippen LogP contribution is -2.49. The van der Waals surface area contributed by atoms with Crippen LogP contribution in [0.25, 0.3) is 10.9 Å². The molecule has 5 rings (SSSR count). The number of H-pyrrole nitrogens is 1. The Morgan fingerprint density at radius 1 is 0.947 bits per heavy atom. The molecule has 1 saturated heterocycles. The van der Waals surface area contributed by atoms with E-state index in [0.29, 0.717) is 38.1 Å². The Kier molecular flexibility index (Phi) is 6.97. The van der Waals surface area contributed by atoms with E-state index in [0.717, 1.165) is 28.6 Å². The number of aryl methyl sites for hydroxylation is 1. The first-order chi connectivity index (χ1) is 18.0. The van der Waals surface area contributed by atoms with Crippen LogP contribution in [0.15, 0.2) is 53.7 Å². The minimum absolute atomic E-state index is 0.0701. The molecule has 3 heterocycles. The van der Waals surface area contributed by atoms with Gasteiger partial charge in [0.05, 0.1) is 22.9 Å². The average Bonchev–Trinajstić information content (AvgIpc) is 3.42. The van der Waals surface area contributed by atoms with E-state index in [1.165, 1.54) is 0 Å². The Morgan fingerprint density at radius 2 is 1.61 bits per heavy atom. The Bertz CT molecular complexity index is 1320. The normalized spacial score (nSPS) is 19.4. The molecule has 2 aromatic carbocycles. The fraction of sp³-hybridized carbons (Fsp3) is 0.407. The molecule has 0 radical (unpaired) electrons. The van der Waals surface area contributed by atoms with Crippen LogP contribution in [0.3, 0.4) is 0 Å². The molecule has 1 atom stereocenters. The number of nitrogens with one attached hydrogen (secondary N) is 2. The summed E-state index contributed by atoms with van der Waals surface area (Å²) in [6.07, 6.45) is -6.16. The van der Waals surface area contributed by atoms with Gasteiger partial charge in [-0.25, -0.2) is 9.79 Å². The fourth-order valence-corrected chi connectivity index (χ4v) is 5.45. The largest absolute Gasteiger partial charge is 0.416 e. The molecule has 0 spiro atoms. The van der Waals surface area contributed by atoms with Crippen molar-refractivity contribution in [2.45, 2.75) is 56.5 Å². The van der Waals surface area contributed by atoms with Gasteiger partial charge in [0.1, 0.15) is 0 Å². The monoisotopic (exact) mass is 536 g/mol. The first-order valence-electron chi connectivity index (χ1n) is 12.4. The van der Waals surface area contributed by atoms with Gasteiger partial charge in [0.15, 0.2) is 0 Å². The highest BCUT2D eigenvalue weighted by atomic mass is 19.4. The fourth-order valence-electron chi connectivity index (χ4n) is 5.45. The predicted molar refractivity (Wildman–Crippen MR) is 131 cm³/mol. The van der Waals surface area contributed by atoms with E-state index in [4.69, 9.17) is 0 Å². The number of hydrogen-bond acceptors (Lipinski definition) is 2. The lowest BCUT2D eigenvalue weighted by Gasteiger charge is -2.36. The average molecular weight is 537 g/mol. The number of aliphatic imine (C=N–C) groups is 1. The summed E-state index contributed by atoms with van der Waals surface area (Å²) in [6, 6.07) is 8.27. The second kappa shape index (κ2) is 10.1. The van der Waals surface area contributed by atoms with Gasteiger partial charge in [0, 0.05) is 29.6 Å². The third-order valence-corrected chi connectivity index (χ3v) is 7.28. The van der Waals surface area contributed by atoms with Crippen molar-refractivity contribution < 1.29 is 31.1 Å². The van der Waals surface area contributed by atoms with E-state index in [2.05, 4.69) is 15.3 Å². The molecule has 3 aromatic rings. The quantitative estimate of drug-likeness (QED) is 0.360. The molecule has 0 saturated carbocycles. The van der Waals surface area contributed by atoms with Crippen molar-refractivity contribution in [3.05, 3.63) is 70.9 Å². The highest BCUT2D eigenvalue weighted by molar-refractivity contribution is 6.07. The number of para-hydroxylation sites is 1. The lowest BCUT2D eigenvalue weighted by molar-refractivity contribution is -0.143. The minimum atomic E-state index is -4.91. The number of carbonyl (C=O) groups excluding carboxylic acids is 1. The third kappa shape index (κ3) is 5.43. The van der Waals surface area contributed by atoms with Crippen LogP contribution in [-0.2, 0) is 25.2 Å². The van der Waals surface area contributed by atoms with Crippen LogP contribution < -0.4 is 5.32 Å². The van der Waals surface area contributed by atoms with Crippen molar-refractivity contribution >= 4 is 22.6 Å². The molecular weight excluding hydrogens is 510 g/mol. The molecule has 11 heteroatoms. The first kappa shape index (κ1) is 26.3. The van der Waals surface area contributed by atoms with Crippen LogP contribution in [0.4, 0.5) is 31.1 Å². The molecule has 2 aliphatic rings. The lowest BCUT2D eigenvalue weighted by atomic mass is 9.93. The Balaban J connectivity index is 1.45. The van der Waals surface area contributed by atoms with Crippen LogP contribution in [0, 0.1) is 0 Å². The topological polar surface area (TPSA) is 60.5 Å². The Labute approximate surface area is 214 Å². The number of aromatic nitrogens is 1. The van der Waals surface area contributed by atoms with Gasteiger partial charge in [0.2, 0.25) is 0 Å². The second-order valence-electron chi connectivity index (χ2n) is 9.78. The van der Waals surface area contributed by atoms with Crippen molar-refractivity contribution in [1.82, 2.24) is 15.2 Å². The van der Waals surface area contributed by atoms with E-state index in [1.54, 1.807) is 4.90 Å². The number of aromatic amines is 1. The summed E-state index contributed by atoms with van der Waals surface area (Å²) < 4.78 is 80.3. The van der Waals surface area contributed by atoms with Crippen molar-refractivity contribution in [1.29, 1.82) is 0 Å². The second-order valence-corrected chi connectivity index (χ2v) is 9.78. The SMILES string of the molecule is O=C1N=C(Cc2c[nH]c3ccccc23)C(CCc2cc(C(F)(F)F)cc(C(F)(F)F)c2)N1C1CCNCC1. The van der Waals surface area contributed by atoms with E-state index >= 15 is 0 Å². The van der Waals surface area contributed by atoms with E-state index in [1.807, 2.05) is 30.5 Å². The zero-order chi connectivity index (χ0) is 27.1. The van der Waals surface area contributed by atoms with Gasteiger partial charge < -0.3 is 15.2 Å². The van der Waals surface area contributed by atoms with Gasteiger partial charge in [-0.05, 0) is 74.2 Å². The van der Waals surface area contributed by atoms with Crippen molar-refractivity contribution in [3.8, 4) is 0 Å². The summed E-state index contributed by atoms with van der Waals surface area (Å²) in [7, 11) is 0. The highest BCUT2D eigenvalue weighted by Crippen LogP contribution is 2.37. The van der Waals surface area contributed by atoms with E-state index in [-0.39, 0.29) is 30.5 Å². The predicted octanol–water partition coefficient (Wildman–Crippen LogP) is 6.38. The molecule has 2 aliphatic heterocycles. The zero-order valence-electron chi connectivity index (χ0n) is 20.3. The number of hydrogen-bond donors (Lipinski definition) is 2.